The molecule has 0 fully saturated rings. The van der Waals surface area contributed by atoms with Gasteiger partial charge in [0.25, 0.3) is 0 Å². The minimum atomic E-state index is -0.738. The van der Waals surface area contributed by atoms with Crippen molar-refractivity contribution in [3.63, 3.8) is 0 Å². The average Bonchev–Trinajstić information content (AvgIpc) is 2.91. The van der Waals surface area contributed by atoms with Crippen LogP contribution in [0.25, 0.3) is 43.5 Å². The van der Waals surface area contributed by atoms with Gasteiger partial charge in [0.2, 0.25) is 0 Å². The van der Waals surface area contributed by atoms with Gasteiger partial charge in [0, 0.05) is 21.5 Å². The Labute approximate surface area is 202 Å². The molecule has 0 spiro atoms. The van der Waals surface area contributed by atoms with Crippen molar-refractivity contribution in [3.05, 3.63) is 118 Å². The van der Waals surface area contributed by atoms with Gasteiger partial charge < -0.3 is 18.3 Å². The average molecular weight is 472 g/mol. The summed E-state index contributed by atoms with van der Waals surface area (Å²) >= 11 is 0. The summed E-state index contributed by atoms with van der Waals surface area (Å²) in [4.78, 5) is 25.7. The maximum absolute atomic E-state index is 12.9. The fourth-order valence-corrected chi connectivity index (χ4v) is 4.70. The standard InChI is InChI=1S/C30H16O6/c31-29-20-15-23(33-17-9-3-1-4-10-17)26-19-13-7-8-14-22(19)35-28-24(34-18-11-5-2-6-12-18)16-21(30(32)36-29)25(20)27(26)28/h1-16H. The first-order valence-electron chi connectivity index (χ1n) is 11.3. The van der Waals surface area contributed by atoms with E-state index in [0.717, 1.165) is 5.39 Å². The molecule has 0 unspecified atom stereocenters. The van der Waals surface area contributed by atoms with Gasteiger partial charge in [-0.3, -0.25) is 0 Å². The van der Waals surface area contributed by atoms with E-state index < -0.39 is 11.3 Å². The van der Waals surface area contributed by atoms with Crippen LogP contribution in [0.1, 0.15) is 0 Å². The molecule has 0 bridgehead atoms. The molecule has 5 aromatic carbocycles. The predicted molar refractivity (Wildman–Crippen MR) is 138 cm³/mol. The van der Waals surface area contributed by atoms with Gasteiger partial charge in [-0.25, -0.2) is 9.59 Å². The molecule has 0 amide bonds. The molecule has 0 atom stereocenters. The minimum absolute atomic E-state index is 0.227. The second kappa shape index (κ2) is 7.71. The van der Waals surface area contributed by atoms with Crippen molar-refractivity contribution >= 4 is 43.5 Å². The van der Waals surface area contributed by atoms with Crippen LogP contribution in [0, 0.1) is 0 Å². The van der Waals surface area contributed by atoms with Crippen molar-refractivity contribution in [2.24, 2.45) is 0 Å². The molecule has 0 aliphatic heterocycles. The van der Waals surface area contributed by atoms with Crippen LogP contribution in [0.2, 0.25) is 0 Å². The summed E-state index contributed by atoms with van der Waals surface area (Å²) in [5, 5.41) is 2.95. The van der Waals surface area contributed by atoms with Gasteiger partial charge in [0.1, 0.15) is 22.8 Å². The molecule has 2 heterocycles. The van der Waals surface area contributed by atoms with E-state index in [2.05, 4.69) is 0 Å². The second-order valence-corrected chi connectivity index (χ2v) is 8.40. The van der Waals surface area contributed by atoms with Crippen molar-refractivity contribution < 1.29 is 18.3 Å². The number of para-hydroxylation sites is 3. The van der Waals surface area contributed by atoms with E-state index in [1.54, 1.807) is 12.1 Å². The van der Waals surface area contributed by atoms with Crippen LogP contribution in [-0.4, -0.2) is 0 Å². The number of rotatable bonds is 4. The Bertz CT molecular complexity index is 1990. The summed E-state index contributed by atoms with van der Waals surface area (Å²) in [6, 6.07) is 29.2. The Balaban J connectivity index is 1.69. The van der Waals surface area contributed by atoms with E-state index in [-0.39, 0.29) is 10.8 Å². The van der Waals surface area contributed by atoms with E-state index in [9.17, 15) is 9.59 Å². The zero-order chi connectivity index (χ0) is 24.2. The minimum Gasteiger partial charge on any atom is -0.457 e. The fraction of sp³-hybridized carbons (Fsp3) is 0. The zero-order valence-electron chi connectivity index (χ0n) is 18.7. The molecule has 7 aromatic rings. The van der Waals surface area contributed by atoms with Crippen molar-refractivity contribution in [2.75, 3.05) is 0 Å². The summed E-state index contributed by atoms with van der Waals surface area (Å²) in [7, 11) is 0. The Morgan fingerprint density at radius 3 is 1.72 bits per heavy atom. The smallest absolute Gasteiger partial charge is 0.346 e. The molecule has 0 radical (unpaired) electrons. The molecular weight excluding hydrogens is 456 g/mol. The Hall–Kier alpha value is -5.10. The van der Waals surface area contributed by atoms with Crippen molar-refractivity contribution in [1.82, 2.24) is 0 Å². The molecular formula is C30H16O6. The van der Waals surface area contributed by atoms with Gasteiger partial charge in [0.05, 0.1) is 10.8 Å². The summed E-state index contributed by atoms with van der Waals surface area (Å²) in [6.07, 6.45) is 0. The van der Waals surface area contributed by atoms with Crippen LogP contribution in [-0.2, 0) is 0 Å². The maximum atomic E-state index is 12.9. The van der Waals surface area contributed by atoms with Crippen molar-refractivity contribution in [1.29, 1.82) is 0 Å². The number of hydrogen-bond donors (Lipinski definition) is 0. The van der Waals surface area contributed by atoms with Crippen molar-refractivity contribution in [2.45, 2.75) is 0 Å². The number of hydrogen-bond acceptors (Lipinski definition) is 6. The molecule has 2 aromatic heterocycles. The van der Waals surface area contributed by atoms with Crippen LogP contribution < -0.4 is 20.7 Å². The largest absolute Gasteiger partial charge is 0.457 e. The second-order valence-electron chi connectivity index (χ2n) is 8.40. The lowest BCUT2D eigenvalue weighted by molar-refractivity contribution is 0.472. The first-order valence-corrected chi connectivity index (χ1v) is 11.3. The lowest BCUT2D eigenvalue weighted by Crippen LogP contribution is -2.13. The lowest BCUT2D eigenvalue weighted by atomic mass is 9.95. The maximum Gasteiger partial charge on any atom is 0.346 e. The molecule has 172 valence electrons. The van der Waals surface area contributed by atoms with Crippen LogP contribution in [0.4, 0.5) is 0 Å². The van der Waals surface area contributed by atoms with E-state index >= 15 is 0 Å². The molecule has 0 saturated carbocycles. The molecule has 6 nitrogen and oxygen atoms in total. The highest BCUT2D eigenvalue weighted by Crippen LogP contribution is 2.47. The molecule has 0 N–H and O–H groups in total. The molecule has 0 saturated heterocycles. The highest BCUT2D eigenvalue weighted by molar-refractivity contribution is 6.29. The van der Waals surface area contributed by atoms with Gasteiger partial charge in [-0.2, -0.15) is 0 Å². The number of ether oxygens (including phenoxy) is 2. The van der Waals surface area contributed by atoms with Crippen molar-refractivity contribution in [3.8, 4) is 23.0 Å². The van der Waals surface area contributed by atoms with Crippen LogP contribution in [0.15, 0.2) is 115 Å². The van der Waals surface area contributed by atoms with Crippen LogP contribution in [0.3, 0.4) is 0 Å². The fourth-order valence-electron chi connectivity index (χ4n) is 4.70. The quantitative estimate of drug-likeness (QED) is 0.199. The third kappa shape index (κ3) is 3.05. The molecule has 0 aliphatic carbocycles. The Kier molecular flexibility index (Phi) is 4.35. The molecule has 7 rings (SSSR count). The number of benzene rings is 5. The molecule has 36 heavy (non-hydrogen) atoms. The summed E-state index contributed by atoms with van der Waals surface area (Å²) < 4.78 is 23.9. The third-order valence-corrected chi connectivity index (χ3v) is 6.22. The SMILES string of the molecule is O=c1oc(=O)c2cc(Oc3ccccc3)c3c4ccccc4oc4c(Oc5ccccc5)cc1c2c43. The van der Waals surface area contributed by atoms with E-state index in [1.807, 2.05) is 84.9 Å². The monoisotopic (exact) mass is 472 g/mol. The van der Waals surface area contributed by atoms with Gasteiger partial charge in [-0.15, -0.1) is 0 Å². The lowest BCUT2D eigenvalue weighted by Gasteiger charge is -2.17. The van der Waals surface area contributed by atoms with Gasteiger partial charge in [0.15, 0.2) is 11.3 Å². The zero-order valence-corrected chi connectivity index (χ0v) is 18.7. The molecule has 0 aliphatic rings. The Morgan fingerprint density at radius 1 is 0.500 bits per heavy atom. The van der Waals surface area contributed by atoms with Crippen LogP contribution in [0.5, 0.6) is 23.0 Å². The van der Waals surface area contributed by atoms with E-state index in [0.29, 0.717) is 50.3 Å². The van der Waals surface area contributed by atoms with E-state index in [4.69, 9.17) is 18.3 Å². The normalized spacial score (nSPS) is 11.6. The highest BCUT2D eigenvalue weighted by Gasteiger charge is 2.25. The summed E-state index contributed by atoms with van der Waals surface area (Å²) in [5.41, 5.74) is -0.473. The van der Waals surface area contributed by atoms with Gasteiger partial charge in [-0.1, -0.05) is 54.6 Å². The number of fused-ring (bicyclic) bond motifs is 2. The first-order chi connectivity index (χ1) is 17.7. The van der Waals surface area contributed by atoms with Gasteiger partial charge >= 0.3 is 11.3 Å². The third-order valence-electron chi connectivity index (χ3n) is 6.22. The summed E-state index contributed by atoms with van der Waals surface area (Å²) in [6.45, 7) is 0. The highest BCUT2D eigenvalue weighted by atomic mass is 16.5. The van der Waals surface area contributed by atoms with Gasteiger partial charge in [-0.05, 0) is 42.5 Å². The summed E-state index contributed by atoms with van der Waals surface area (Å²) in [5.74, 6) is 1.94. The Morgan fingerprint density at radius 2 is 1.06 bits per heavy atom. The topological polar surface area (TPSA) is 78.9 Å². The van der Waals surface area contributed by atoms with Crippen LogP contribution >= 0.6 is 0 Å². The first kappa shape index (κ1) is 20.3. The predicted octanol–water partition coefficient (Wildman–Crippen LogP) is 7.23. The van der Waals surface area contributed by atoms with E-state index in [1.165, 1.54) is 0 Å². The molecule has 6 heteroatoms.